The number of benzene rings is 2. The van der Waals surface area contributed by atoms with Crippen molar-refractivity contribution >= 4 is 27.6 Å². The fourth-order valence-electron chi connectivity index (χ4n) is 4.68. The van der Waals surface area contributed by atoms with E-state index in [1.165, 1.54) is 28.6 Å². The Morgan fingerprint density at radius 1 is 1.07 bits per heavy atom. The van der Waals surface area contributed by atoms with Gasteiger partial charge in [-0.2, -0.15) is 0 Å². The van der Waals surface area contributed by atoms with Gasteiger partial charge in [-0.1, -0.05) is 18.2 Å². The molecule has 2 aromatic heterocycles. The van der Waals surface area contributed by atoms with Crippen molar-refractivity contribution in [3.05, 3.63) is 71.8 Å². The van der Waals surface area contributed by atoms with Gasteiger partial charge in [-0.15, -0.1) is 0 Å². The summed E-state index contributed by atoms with van der Waals surface area (Å²) in [5.41, 5.74) is 4.42. The van der Waals surface area contributed by atoms with Crippen LogP contribution in [0.5, 0.6) is 0 Å². The third-order valence-corrected chi connectivity index (χ3v) is 6.39. The fourth-order valence-corrected chi connectivity index (χ4v) is 4.68. The third-order valence-electron chi connectivity index (χ3n) is 6.39. The molecule has 0 aliphatic carbocycles. The smallest absolute Gasteiger partial charge is 0.136 e. The van der Waals surface area contributed by atoms with Crippen LogP contribution < -0.4 is 0 Å². The molecule has 30 heavy (non-hydrogen) atoms. The number of aromatic amines is 2. The number of halogens is 1. The van der Waals surface area contributed by atoms with Gasteiger partial charge in [0.15, 0.2) is 0 Å². The number of likely N-dealkylation sites (tertiary alicyclic amines) is 1. The molecule has 1 aliphatic heterocycles. The highest BCUT2D eigenvalue weighted by Gasteiger charge is 2.25. The zero-order valence-corrected chi connectivity index (χ0v) is 17.0. The first kappa shape index (κ1) is 19.1. The molecular weight excluding hydrogens is 377 g/mol. The maximum absolute atomic E-state index is 13.4. The van der Waals surface area contributed by atoms with Crippen molar-refractivity contribution in [3.63, 3.8) is 0 Å². The minimum atomic E-state index is -0.233. The molecule has 4 aromatic rings. The summed E-state index contributed by atoms with van der Waals surface area (Å²) in [7, 11) is 0. The Morgan fingerprint density at radius 2 is 1.90 bits per heavy atom. The Hall–Kier alpha value is -2.92. The average Bonchev–Trinajstić information content (AvgIpc) is 3.36. The SMILES string of the molecule is O=C(CCc1cc2cc(F)ccc2[nH]1)C1CCN(Cc2c[nH]c3ccccc23)CC1. The quantitative estimate of drug-likeness (QED) is 0.465. The number of aromatic nitrogens is 2. The molecule has 1 aliphatic rings. The lowest BCUT2D eigenvalue weighted by Gasteiger charge is -2.31. The van der Waals surface area contributed by atoms with E-state index >= 15 is 0 Å². The molecule has 3 heterocycles. The van der Waals surface area contributed by atoms with Crippen LogP contribution in [0.15, 0.2) is 54.7 Å². The number of para-hydroxylation sites is 1. The maximum Gasteiger partial charge on any atom is 0.136 e. The van der Waals surface area contributed by atoms with E-state index in [4.69, 9.17) is 0 Å². The van der Waals surface area contributed by atoms with Crippen LogP contribution in [0.1, 0.15) is 30.5 Å². The number of ketones is 1. The van der Waals surface area contributed by atoms with Crippen molar-refractivity contribution < 1.29 is 9.18 Å². The molecule has 0 spiro atoms. The lowest BCUT2D eigenvalue weighted by atomic mass is 9.90. The summed E-state index contributed by atoms with van der Waals surface area (Å²) < 4.78 is 13.4. The first-order valence-electron chi connectivity index (χ1n) is 10.7. The number of piperidine rings is 1. The van der Waals surface area contributed by atoms with Crippen molar-refractivity contribution in [2.75, 3.05) is 13.1 Å². The van der Waals surface area contributed by atoms with Gasteiger partial charge in [-0.25, -0.2) is 4.39 Å². The number of fused-ring (bicyclic) bond motifs is 2. The molecule has 0 radical (unpaired) electrons. The number of H-pyrrole nitrogens is 2. The Kier molecular flexibility index (Phi) is 5.13. The van der Waals surface area contributed by atoms with E-state index in [0.717, 1.165) is 49.1 Å². The number of nitrogens with zero attached hydrogens (tertiary/aromatic N) is 1. The normalized spacial score (nSPS) is 15.9. The Bertz CT molecular complexity index is 1180. The van der Waals surface area contributed by atoms with Gasteiger partial charge in [0.1, 0.15) is 11.6 Å². The van der Waals surface area contributed by atoms with Gasteiger partial charge in [0, 0.05) is 52.6 Å². The number of carbonyl (C=O) groups excluding carboxylic acids is 1. The maximum atomic E-state index is 13.4. The number of hydrogen-bond donors (Lipinski definition) is 2. The van der Waals surface area contributed by atoms with Crippen LogP contribution in [-0.4, -0.2) is 33.7 Å². The number of Topliss-reactive ketones (excluding diaryl/α,β-unsaturated/α-hetero) is 1. The van der Waals surface area contributed by atoms with Gasteiger partial charge in [-0.3, -0.25) is 9.69 Å². The van der Waals surface area contributed by atoms with Crippen molar-refractivity contribution in [2.24, 2.45) is 5.92 Å². The molecule has 2 aromatic carbocycles. The zero-order valence-electron chi connectivity index (χ0n) is 17.0. The topological polar surface area (TPSA) is 51.9 Å². The van der Waals surface area contributed by atoms with Gasteiger partial charge in [0.05, 0.1) is 0 Å². The van der Waals surface area contributed by atoms with E-state index < -0.39 is 0 Å². The van der Waals surface area contributed by atoms with Crippen LogP contribution in [0.2, 0.25) is 0 Å². The summed E-state index contributed by atoms with van der Waals surface area (Å²) in [5.74, 6) is 0.279. The van der Waals surface area contributed by atoms with Crippen molar-refractivity contribution in [3.8, 4) is 0 Å². The molecule has 4 nitrogen and oxygen atoms in total. The summed E-state index contributed by atoms with van der Waals surface area (Å²) in [5, 5.41) is 2.15. The summed E-state index contributed by atoms with van der Waals surface area (Å²) >= 11 is 0. The first-order chi connectivity index (χ1) is 14.7. The van der Waals surface area contributed by atoms with Crippen molar-refractivity contribution in [1.82, 2.24) is 14.9 Å². The lowest BCUT2D eigenvalue weighted by Crippen LogP contribution is -2.36. The second kappa shape index (κ2) is 8.07. The van der Waals surface area contributed by atoms with E-state index in [-0.39, 0.29) is 11.7 Å². The monoisotopic (exact) mass is 403 g/mol. The number of hydrogen-bond acceptors (Lipinski definition) is 2. The van der Waals surface area contributed by atoms with Crippen LogP contribution in [0.4, 0.5) is 4.39 Å². The van der Waals surface area contributed by atoms with Crippen molar-refractivity contribution in [2.45, 2.75) is 32.2 Å². The first-order valence-corrected chi connectivity index (χ1v) is 10.7. The molecule has 5 heteroatoms. The molecule has 0 saturated carbocycles. The third kappa shape index (κ3) is 3.90. The van der Waals surface area contributed by atoms with Crippen LogP contribution >= 0.6 is 0 Å². The van der Waals surface area contributed by atoms with Gasteiger partial charge in [0.25, 0.3) is 0 Å². The van der Waals surface area contributed by atoms with Gasteiger partial charge in [-0.05, 0) is 68.2 Å². The van der Waals surface area contributed by atoms with Crippen LogP contribution in [0, 0.1) is 11.7 Å². The number of rotatable bonds is 6. The second-order valence-electron chi connectivity index (χ2n) is 8.40. The Labute approximate surface area is 175 Å². The largest absolute Gasteiger partial charge is 0.361 e. The molecule has 0 unspecified atom stereocenters. The highest BCUT2D eigenvalue weighted by atomic mass is 19.1. The summed E-state index contributed by atoms with van der Waals surface area (Å²) in [6, 6.07) is 15.1. The van der Waals surface area contributed by atoms with E-state index in [2.05, 4.69) is 39.3 Å². The van der Waals surface area contributed by atoms with Gasteiger partial charge in [0.2, 0.25) is 0 Å². The standard InChI is InChI=1S/C25H26FN3O/c26-20-5-7-23-18(13-20)14-21(28-23)6-8-25(30)17-9-11-29(12-10-17)16-19-15-27-24-4-2-1-3-22(19)24/h1-5,7,13-15,17,27-28H,6,8-12,16H2. The van der Waals surface area contributed by atoms with Crippen LogP contribution in [-0.2, 0) is 17.8 Å². The van der Waals surface area contributed by atoms with Gasteiger partial charge >= 0.3 is 0 Å². The Balaban J connectivity index is 1.13. The number of aryl methyl sites for hydroxylation is 1. The van der Waals surface area contributed by atoms with E-state index in [9.17, 15) is 9.18 Å². The van der Waals surface area contributed by atoms with Crippen molar-refractivity contribution in [1.29, 1.82) is 0 Å². The molecule has 1 fully saturated rings. The Morgan fingerprint density at radius 3 is 2.77 bits per heavy atom. The summed E-state index contributed by atoms with van der Waals surface area (Å²) in [4.78, 5) is 21.8. The van der Waals surface area contributed by atoms with Crippen LogP contribution in [0.25, 0.3) is 21.8 Å². The molecular formula is C25H26FN3O. The van der Waals surface area contributed by atoms with E-state index in [0.29, 0.717) is 18.6 Å². The molecule has 1 saturated heterocycles. The highest BCUT2D eigenvalue weighted by molar-refractivity contribution is 5.83. The predicted octanol–water partition coefficient (Wildman–Crippen LogP) is 5.20. The van der Waals surface area contributed by atoms with Crippen LogP contribution in [0.3, 0.4) is 0 Å². The van der Waals surface area contributed by atoms with E-state index in [1.807, 2.05) is 12.1 Å². The fraction of sp³-hybridized carbons (Fsp3) is 0.320. The molecule has 5 rings (SSSR count). The number of nitrogens with one attached hydrogen (secondary N) is 2. The lowest BCUT2D eigenvalue weighted by molar-refractivity contribution is -0.124. The molecule has 2 N–H and O–H groups in total. The molecule has 154 valence electrons. The molecule has 0 amide bonds. The zero-order chi connectivity index (χ0) is 20.5. The minimum Gasteiger partial charge on any atom is -0.361 e. The summed E-state index contributed by atoms with van der Waals surface area (Å²) in [6.45, 7) is 2.85. The summed E-state index contributed by atoms with van der Waals surface area (Å²) in [6.07, 6.45) is 5.19. The molecule has 0 atom stereocenters. The highest BCUT2D eigenvalue weighted by Crippen LogP contribution is 2.25. The second-order valence-corrected chi connectivity index (χ2v) is 8.40. The average molecular weight is 404 g/mol. The minimum absolute atomic E-state index is 0.158. The predicted molar refractivity (Wildman–Crippen MR) is 118 cm³/mol. The van der Waals surface area contributed by atoms with E-state index in [1.54, 1.807) is 6.07 Å². The van der Waals surface area contributed by atoms with Gasteiger partial charge < -0.3 is 9.97 Å². The number of carbonyl (C=O) groups is 1. The molecule has 0 bridgehead atoms.